The summed E-state index contributed by atoms with van der Waals surface area (Å²) in [4.78, 5) is 16.0. The first kappa shape index (κ1) is 22.0. The van der Waals surface area contributed by atoms with Crippen LogP contribution in [0.25, 0.3) is 0 Å². The maximum atomic E-state index is 13.5. The van der Waals surface area contributed by atoms with Gasteiger partial charge in [-0.1, -0.05) is 25.5 Å². The lowest BCUT2D eigenvalue weighted by molar-refractivity contribution is 0.207. The first-order chi connectivity index (χ1) is 14.6. The highest BCUT2D eigenvalue weighted by Crippen LogP contribution is 2.18. The second kappa shape index (κ2) is 10.9. The molecule has 3 rings (SSSR count). The van der Waals surface area contributed by atoms with Crippen LogP contribution in [-0.4, -0.2) is 28.3 Å². The smallest absolute Gasteiger partial charge is 0.322 e. The van der Waals surface area contributed by atoms with Crippen molar-refractivity contribution in [2.45, 2.75) is 37.8 Å². The van der Waals surface area contributed by atoms with Gasteiger partial charge in [-0.05, 0) is 66.8 Å². The minimum absolute atomic E-state index is 0.112. The second-order valence-corrected chi connectivity index (χ2v) is 8.07. The SMILES string of the molecule is CCCCN(Cc1cccn1Cc1cccc(F)c1)C(=O)Nc1ccc(SC)cc1. The van der Waals surface area contributed by atoms with Crippen LogP contribution in [0, 0.1) is 5.82 Å². The van der Waals surface area contributed by atoms with E-state index in [2.05, 4.69) is 16.8 Å². The van der Waals surface area contributed by atoms with E-state index in [9.17, 15) is 9.18 Å². The molecule has 4 nitrogen and oxygen atoms in total. The van der Waals surface area contributed by atoms with Gasteiger partial charge in [0.2, 0.25) is 0 Å². The van der Waals surface area contributed by atoms with E-state index in [0.29, 0.717) is 19.6 Å². The number of thioether (sulfide) groups is 1. The number of halogens is 1. The summed E-state index contributed by atoms with van der Waals surface area (Å²) in [6.45, 7) is 3.86. The Hall–Kier alpha value is -2.73. The number of amides is 2. The summed E-state index contributed by atoms with van der Waals surface area (Å²) >= 11 is 1.67. The first-order valence-corrected chi connectivity index (χ1v) is 11.4. The molecule has 0 aliphatic carbocycles. The largest absolute Gasteiger partial charge is 0.345 e. The van der Waals surface area contributed by atoms with Gasteiger partial charge in [0.15, 0.2) is 0 Å². The van der Waals surface area contributed by atoms with Crippen molar-refractivity contribution in [3.8, 4) is 0 Å². The molecule has 0 bridgehead atoms. The lowest BCUT2D eigenvalue weighted by Gasteiger charge is -2.24. The van der Waals surface area contributed by atoms with Gasteiger partial charge in [-0.3, -0.25) is 0 Å². The Kier molecular flexibility index (Phi) is 7.97. The molecular weight excluding hydrogens is 397 g/mol. The molecule has 0 spiro atoms. The molecule has 1 heterocycles. The summed E-state index contributed by atoms with van der Waals surface area (Å²) in [7, 11) is 0. The molecule has 0 aliphatic rings. The van der Waals surface area contributed by atoms with Crippen LogP contribution in [0.3, 0.4) is 0 Å². The van der Waals surface area contributed by atoms with Gasteiger partial charge in [0, 0.05) is 35.6 Å². The quantitative estimate of drug-likeness (QED) is 0.413. The molecule has 0 aliphatic heterocycles. The maximum Gasteiger partial charge on any atom is 0.322 e. The normalized spacial score (nSPS) is 10.8. The zero-order chi connectivity index (χ0) is 21.3. The van der Waals surface area contributed by atoms with Gasteiger partial charge in [0.05, 0.1) is 6.54 Å². The second-order valence-electron chi connectivity index (χ2n) is 7.19. The lowest BCUT2D eigenvalue weighted by Crippen LogP contribution is -2.36. The molecule has 0 saturated carbocycles. The summed E-state index contributed by atoms with van der Waals surface area (Å²) < 4.78 is 15.6. The Morgan fingerprint density at radius 2 is 1.93 bits per heavy atom. The molecule has 158 valence electrons. The summed E-state index contributed by atoms with van der Waals surface area (Å²) in [6.07, 6.45) is 5.94. The van der Waals surface area contributed by atoms with Crippen LogP contribution in [0.4, 0.5) is 14.9 Å². The number of nitrogens with zero attached hydrogens (tertiary/aromatic N) is 2. The number of unbranched alkanes of at least 4 members (excludes halogenated alkanes) is 1. The molecule has 0 radical (unpaired) electrons. The van der Waals surface area contributed by atoms with Crippen LogP contribution < -0.4 is 5.32 Å². The zero-order valence-electron chi connectivity index (χ0n) is 17.5. The van der Waals surface area contributed by atoms with E-state index in [1.54, 1.807) is 23.9 Å². The Morgan fingerprint density at radius 1 is 1.13 bits per heavy atom. The Balaban J connectivity index is 1.71. The molecule has 1 aromatic heterocycles. The topological polar surface area (TPSA) is 37.3 Å². The number of anilines is 1. The highest BCUT2D eigenvalue weighted by molar-refractivity contribution is 7.98. The van der Waals surface area contributed by atoms with Crippen molar-refractivity contribution in [3.63, 3.8) is 0 Å². The van der Waals surface area contributed by atoms with Gasteiger partial charge in [0.1, 0.15) is 5.82 Å². The zero-order valence-corrected chi connectivity index (χ0v) is 18.3. The number of carbonyl (C=O) groups is 1. The van der Waals surface area contributed by atoms with Crippen LogP contribution in [0.15, 0.2) is 71.8 Å². The molecule has 6 heteroatoms. The van der Waals surface area contributed by atoms with Crippen LogP contribution >= 0.6 is 11.8 Å². The van der Waals surface area contributed by atoms with Crippen molar-refractivity contribution in [3.05, 3.63) is 83.9 Å². The van der Waals surface area contributed by atoms with E-state index >= 15 is 0 Å². The molecular formula is C24H28FN3OS. The van der Waals surface area contributed by atoms with E-state index in [1.807, 2.05) is 59.8 Å². The summed E-state index contributed by atoms with van der Waals surface area (Å²) in [5.41, 5.74) is 2.70. The van der Waals surface area contributed by atoms with Gasteiger partial charge in [0.25, 0.3) is 0 Å². The number of hydrogen-bond donors (Lipinski definition) is 1. The molecule has 30 heavy (non-hydrogen) atoms. The van der Waals surface area contributed by atoms with E-state index in [4.69, 9.17) is 0 Å². The van der Waals surface area contributed by atoms with E-state index in [1.165, 1.54) is 6.07 Å². The van der Waals surface area contributed by atoms with Crippen molar-refractivity contribution in [2.24, 2.45) is 0 Å². The predicted molar refractivity (Wildman–Crippen MR) is 122 cm³/mol. The third kappa shape index (κ3) is 6.13. The molecule has 0 unspecified atom stereocenters. The third-order valence-corrected chi connectivity index (χ3v) is 5.67. The molecule has 0 atom stereocenters. The number of hydrogen-bond acceptors (Lipinski definition) is 2. The molecule has 2 aromatic carbocycles. The lowest BCUT2D eigenvalue weighted by atomic mass is 10.2. The molecule has 3 aromatic rings. The number of carbonyl (C=O) groups excluding carboxylic acids is 1. The van der Waals surface area contributed by atoms with Crippen molar-refractivity contribution in [1.29, 1.82) is 0 Å². The Labute approximate surface area is 182 Å². The van der Waals surface area contributed by atoms with Crippen molar-refractivity contribution >= 4 is 23.5 Å². The fraction of sp³-hybridized carbons (Fsp3) is 0.292. The predicted octanol–water partition coefficient (Wildman–Crippen LogP) is 6.23. The minimum atomic E-state index is -0.238. The van der Waals surface area contributed by atoms with Crippen molar-refractivity contribution < 1.29 is 9.18 Å². The highest BCUT2D eigenvalue weighted by Gasteiger charge is 2.16. The van der Waals surface area contributed by atoms with Crippen molar-refractivity contribution in [1.82, 2.24) is 9.47 Å². The Morgan fingerprint density at radius 3 is 2.63 bits per heavy atom. The molecule has 1 N–H and O–H groups in total. The minimum Gasteiger partial charge on any atom is -0.345 e. The number of aromatic nitrogens is 1. The summed E-state index contributed by atoms with van der Waals surface area (Å²) in [6, 6.07) is 18.3. The fourth-order valence-electron chi connectivity index (χ4n) is 3.25. The standard InChI is InChI=1S/C24H28FN3OS/c1-3-4-14-28(24(29)26-21-10-12-23(30-2)13-11-21)18-22-9-6-15-27(22)17-19-7-5-8-20(25)16-19/h5-13,15-16H,3-4,14,17-18H2,1-2H3,(H,26,29). The van der Waals surface area contributed by atoms with E-state index < -0.39 is 0 Å². The average molecular weight is 426 g/mol. The van der Waals surface area contributed by atoms with E-state index in [-0.39, 0.29) is 11.8 Å². The van der Waals surface area contributed by atoms with Crippen LogP contribution in [-0.2, 0) is 13.1 Å². The number of benzene rings is 2. The molecule has 2 amide bonds. The Bertz CT molecular complexity index is 955. The van der Waals surface area contributed by atoms with Gasteiger partial charge >= 0.3 is 6.03 Å². The van der Waals surface area contributed by atoms with Crippen molar-refractivity contribution in [2.75, 3.05) is 18.1 Å². The highest BCUT2D eigenvalue weighted by atomic mass is 32.2. The van der Waals surface area contributed by atoms with Crippen LogP contribution in [0.5, 0.6) is 0 Å². The monoisotopic (exact) mass is 425 g/mol. The van der Waals surface area contributed by atoms with E-state index in [0.717, 1.165) is 34.7 Å². The first-order valence-electron chi connectivity index (χ1n) is 10.2. The molecule has 0 fully saturated rings. The number of rotatable bonds is 9. The fourth-order valence-corrected chi connectivity index (χ4v) is 3.66. The van der Waals surface area contributed by atoms with Gasteiger partial charge < -0.3 is 14.8 Å². The maximum absolute atomic E-state index is 13.5. The summed E-state index contributed by atoms with van der Waals surface area (Å²) in [5.74, 6) is -0.238. The van der Waals surface area contributed by atoms with Gasteiger partial charge in [-0.15, -0.1) is 11.8 Å². The van der Waals surface area contributed by atoms with Gasteiger partial charge in [-0.2, -0.15) is 0 Å². The number of nitrogens with one attached hydrogen (secondary N) is 1. The van der Waals surface area contributed by atoms with Crippen LogP contribution in [0.2, 0.25) is 0 Å². The average Bonchev–Trinajstić information content (AvgIpc) is 3.18. The summed E-state index contributed by atoms with van der Waals surface area (Å²) in [5, 5.41) is 3.01. The van der Waals surface area contributed by atoms with Crippen LogP contribution in [0.1, 0.15) is 31.0 Å². The van der Waals surface area contributed by atoms with Gasteiger partial charge in [-0.25, -0.2) is 9.18 Å². The molecule has 0 saturated heterocycles. The number of urea groups is 1. The third-order valence-electron chi connectivity index (χ3n) is 4.93.